The van der Waals surface area contributed by atoms with Gasteiger partial charge in [0.15, 0.2) is 11.6 Å². The van der Waals surface area contributed by atoms with E-state index in [4.69, 9.17) is 16.3 Å². The number of methoxy groups -OCH3 is 1. The molecule has 2 aromatic carbocycles. The number of nitrogens with zero attached hydrogens (tertiary/aromatic N) is 3. The third-order valence-corrected chi connectivity index (χ3v) is 5.68. The van der Waals surface area contributed by atoms with Gasteiger partial charge in [0.25, 0.3) is 0 Å². The van der Waals surface area contributed by atoms with Crippen LogP contribution in [0.15, 0.2) is 36.4 Å². The molecule has 0 spiro atoms. The predicted octanol–water partition coefficient (Wildman–Crippen LogP) is 3.40. The highest BCUT2D eigenvalue weighted by Crippen LogP contribution is 2.21. The number of carbonyl (C=O) groups excluding carboxylic acids is 1. The van der Waals surface area contributed by atoms with E-state index in [0.717, 1.165) is 31.7 Å². The molecule has 5 nitrogen and oxygen atoms in total. The molecule has 0 aromatic heterocycles. The molecule has 1 aliphatic rings. The monoisotopic (exact) mass is 437 g/mol. The lowest BCUT2D eigenvalue weighted by molar-refractivity contribution is -0.132. The van der Waals surface area contributed by atoms with Gasteiger partial charge >= 0.3 is 0 Å². The van der Waals surface area contributed by atoms with E-state index >= 15 is 0 Å². The molecule has 0 atom stereocenters. The van der Waals surface area contributed by atoms with Crippen LogP contribution in [0.2, 0.25) is 5.02 Å². The molecule has 0 aliphatic carbocycles. The summed E-state index contributed by atoms with van der Waals surface area (Å²) < 4.78 is 32.8. The minimum atomic E-state index is -0.411. The van der Waals surface area contributed by atoms with Crippen molar-refractivity contribution in [2.45, 2.75) is 13.1 Å². The summed E-state index contributed by atoms with van der Waals surface area (Å²) in [6, 6.07) is 9.50. The van der Waals surface area contributed by atoms with Crippen LogP contribution in [0.25, 0.3) is 0 Å². The van der Waals surface area contributed by atoms with Gasteiger partial charge in [0.05, 0.1) is 13.7 Å². The molecule has 0 radical (unpaired) electrons. The van der Waals surface area contributed by atoms with Crippen LogP contribution in [0, 0.1) is 11.6 Å². The van der Waals surface area contributed by atoms with E-state index in [-0.39, 0.29) is 30.6 Å². The lowest BCUT2D eigenvalue weighted by Gasteiger charge is -2.35. The average molecular weight is 438 g/mol. The largest absolute Gasteiger partial charge is 0.494 e. The second kappa shape index (κ2) is 10.2. The summed E-state index contributed by atoms with van der Waals surface area (Å²) in [5.41, 5.74) is 1.21. The van der Waals surface area contributed by atoms with Gasteiger partial charge in [-0.05, 0) is 29.8 Å². The van der Waals surface area contributed by atoms with Gasteiger partial charge in [0.1, 0.15) is 5.82 Å². The van der Waals surface area contributed by atoms with Crippen LogP contribution >= 0.6 is 11.6 Å². The third kappa shape index (κ3) is 5.68. The Bertz CT molecular complexity index is 868. The maximum atomic E-state index is 14.0. The lowest BCUT2D eigenvalue weighted by atomic mass is 10.1. The van der Waals surface area contributed by atoms with Crippen LogP contribution in [0.5, 0.6) is 5.75 Å². The Labute approximate surface area is 180 Å². The van der Waals surface area contributed by atoms with Crippen molar-refractivity contribution in [1.29, 1.82) is 0 Å². The first-order valence-corrected chi connectivity index (χ1v) is 10.2. The summed E-state index contributed by atoms with van der Waals surface area (Å²) in [6.07, 6.45) is 0. The minimum Gasteiger partial charge on any atom is -0.494 e. The summed E-state index contributed by atoms with van der Waals surface area (Å²) in [5, 5.41) is 0.318. The Hall–Kier alpha value is -2.22. The Kier molecular flexibility index (Phi) is 7.64. The zero-order valence-electron chi connectivity index (χ0n) is 17.2. The highest BCUT2D eigenvalue weighted by Gasteiger charge is 2.22. The quantitative estimate of drug-likeness (QED) is 0.665. The smallest absolute Gasteiger partial charge is 0.236 e. The highest BCUT2D eigenvalue weighted by atomic mass is 35.5. The molecule has 162 valence electrons. The zero-order valence-corrected chi connectivity index (χ0v) is 18.0. The van der Waals surface area contributed by atoms with Crippen molar-refractivity contribution in [1.82, 2.24) is 14.7 Å². The summed E-state index contributed by atoms with van der Waals surface area (Å²) >= 11 is 6.06. The Morgan fingerprint density at radius 1 is 1.10 bits per heavy atom. The van der Waals surface area contributed by atoms with Gasteiger partial charge in [0, 0.05) is 56.9 Å². The number of ether oxygens (including phenoxy) is 1. The molecule has 2 aromatic rings. The molecule has 1 amide bonds. The molecule has 1 saturated heterocycles. The second-order valence-corrected chi connectivity index (χ2v) is 7.88. The van der Waals surface area contributed by atoms with E-state index in [0.29, 0.717) is 17.1 Å². The van der Waals surface area contributed by atoms with Crippen molar-refractivity contribution < 1.29 is 18.3 Å². The van der Waals surface area contributed by atoms with Gasteiger partial charge in [0.2, 0.25) is 5.91 Å². The van der Waals surface area contributed by atoms with Crippen molar-refractivity contribution in [3.8, 4) is 5.75 Å². The fourth-order valence-corrected chi connectivity index (χ4v) is 3.72. The van der Waals surface area contributed by atoms with E-state index in [1.807, 2.05) is 6.07 Å². The minimum absolute atomic E-state index is 0.0833. The number of carbonyl (C=O) groups is 1. The number of rotatable bonds is 7. The van der Waals surface area contributed by atoms with E-state index in [2.05, 4.69) is 9.80 Å². The number of hydrogen-bond acceptors (Lipinski definition) is 4. The zero-order chi connectivity index (χ0) is 21.7. The number of benzene rings is 2. The van der Waals surface area contributed by atoms with Crippen LogP contribution in [-0.4, -0.2) is 67.5 Å². The standard InChI is InChI=1S/C22H26ClF2N3O2/c1-26(14-17-18(23)4-3-5-19(17)24)22(29)15-28-10-8-27(9-11-28)13-16-6-7-21(30-2)20(25)12-16/h3-7,12H,8-11,13-15H2,1-2H3. The number of likely N-dealkylation sites (N-methyl/N-ethyl adjacent to an activating group) is 1. The van der Waals surface area contributed by atoms with Gasteiger partial charge in [-0.3, -0.25) is 14.6 Å². The Morgan fingerprint density at radius 2 is 1.80 bits per heavy atom. The molecular weight excluding hydrogens is 412 g/mol. The van der Waals surface area contributed by atoms with Crippen LogP contribution in [0.3, 0.4) is 0 Å². The Balaban J connectivity index is 1.47. The van der Waals surface area contributed by atoms with Crippen LogP contribution < -0.4 is 4.74 Å². The Morgan fingerprint density at radius 3 is 2.43 bits per heavy atom. The van der Waals surface area contributed by atoms with E-state index < -0.39 is 5.82 Å². The maximum Gasteiger partial charge on any atom is 0.236 e. The van der Waals surface area contributed by atoms with Crippen LogP contribution in [-0.2, 0) is 17.9 Å². The molecule has 1 fully saturated rings. The van der Waals surface area contributed by atoms with Gasteiger partial charge in [-0.25, -0.2) is 8.78 Å². The SMILES string of the molecule is COc1ccc(CN2CCN(CC(=O)N(C)Cc3c(F)cccc3Cl)CC2)cc1F. The molecule has 0 bridgehead atoms. The number of halogens is 3. The fourth-order valence-electron chi connectivity index (χ4n) is 3.49. The maximum absolute atomic E-state index is 14.0. The second-order valence-electron chi connectivity index (χ2n) is 7.47. The van der Waals surface area contributed by atoms with Gasteiger partial charge in [-0.1, -0.05) is 23.7 Å². The van der Waals surface area contributed by atoms with Crippen LogP contribution in [0.1, 0.15) is 11.1 Å². The normalized spacial score (nSPS) is 15.2. The molecule has 0 N–H and O–H groups in total. The molecular formula is C22H26ClF2N3O2. The molecule has 30 heavy (non-hydrogen) atoms. The van der Waals surface area contributed by atoms with E-state index in [9.17, 15) is 13.6 Å². The first kappa shape index (κ1) is 22.5. The van der Waals surface area contributed by atoms with Crippen molar-refractivity contribution in [3.05, 3.63) is 64.2 Å². The first-order valence-electron chi connectivity index (χ1n) is 9.81. The fraction of sp³-hybridized carbons (Fsp3) is 0.409. The summed E-state index contributed by atoms with van der Waals surface area (Å²) in [5.74, 6) is -0.620. The van der Waals surface area contributed by atoms with Gasteiger partial charge in [-0.15, -0.1) is 0 Å². The number of piperazine rings is 1. The third-order valence-electron chi connectivity index (χ3n) is 5.33. The van der Waals surface area contributed by atoms with Crippen molar-refractivity contribution >= 4 is 17.5 Å². The molecule has 1 aliphatic heterocycles. The van der Waals surface area contributed by atoms with E-state index in [1.165, 1.54) is 24.1 Å². The van der Waals surface area contributed by atoms with Gasteiger partial charge in [-0.2, -0.15) is 0 Å². The predicted molar refractivity (Wildman–Crippen MR) is 113 cm³/mol. The molecule has 1 heterocycles. The highest BCUT2D eigenvalue weighted by molar-refractivity contribution is 6.31. The van der Waals surface area contributed by atoms with Crippen molar-refractivity contribution in [2.75, 3.05) is 46.9 Å². The molecule has 0 unspecified atom stereocenters. The van der Waals surface area contributed by atoms with Crippen LogP contribution in [0.4, 0.5) is 8.78 Å². The summed E-state index contributed by atoms with van der Waals surface area (Å²) in [6.45, 7) is 4.08. The number of amides is 1. The van der Waals surface area contributed by atoms with E-state index in [1.54, 1.807) is 25.2 Å². The number of hydrogen-bond donors (Lipinski definition) is 0. The summed E-state index contributed by atoms with van der Waals surface area (Å²) in [7, 11) is 3.10. The average Bonchev–Trinajstić information content (AvgIpc) is 2.72. The van der Waals surface area contributed by atoms with Crippen molar-refractivity contribution in [2.24, 2.45) is 0 Å². The van der Waals surface area contributed by atoms with Crippen molar-refractivity contribution in [3.63, 3.8) is 0 Å². The first-order chi connectivity index (χ1) is 14.4. The topological polar surface area (TPSA) is 36.0 Å². The molecule has 3 rings (SSSR count). The van der Waals surface area contributed by atoms with Gasteiger partial charge < -0.3 is 9.64 Å². The molecule has 8 heteroatoms. The molecule has 0 saturated carbocycles. The lowest BCUT2D eigenvalue weighted by Crippen LogP contribution is -2.49. The summed E-state index contributed by atoms with van der Waals surface area (Å²) in [4.78, 5) is 18.4.